The number of carboxylic acid groups (broad SMARTS) is 1. The molecule has 1 amide bonds. The van der Waals surface area contributed by atoms with Crippen LogP contribution in [0.15, 0.2) is 18.2 Å². The average Bonchev–Trinajstić information content (AvgIpc) is 2.61. The van der Waals surface area contributed by atoms with Crippen LogP contribution >= 0.6 is 0 Å². The van der Waals surface area contributed by atoms with Crippen LogP contribution < -0.4 is 5.32 Å². The Morgan fingerprint density at radius 2 is 2.35 bits per heavy atom. The minimum absolute atomic E-state index is 0.00697. The third-order valence-corrected chi connectivity index (χ3v) is 2.72. The fraction of sp³-hybridized carbons (Fsp3) is 0.364. The lowest BCUT2D eigenvalue weighted by Crippen LogP contribution is -2.31. The van der Waals surface area contributed by atoms with E-state index in [4.69, 9.17) is 5.11 Å². The molecule has 1 fully saturated rings. The van der Waals surface area contributed by atoms with E-state index in [0.29, 0.717) is 18.8 Å². The summed E-state index contributed by atoms with van der Waals surface area (Å²) in [5, 5.41) is 11.7. The lowest BCUT2D eigenvalue weighted by atomic mass is 10.2. The van der Waals surface area contributed by atoms with E-state index in [0.717, 1.165) is 0 Å². The van der Waals surface area contributed by atoms with Crippen molar-refractivity contribution in [2.45, 2.75) is 12.5 Å². The molecular formula is C11H13N3O3. The van der Waals surface area contributed by atoms with Gasteiger partial charge in [-0.05, 0) is 18.6 Å². The Morgan fingerprint density at radius 1 is 1.59 bits per heavy atom. The van der Waals surface area contributed by atoms with E-state index in [9.17, 15) is 9.59 Å². The first-order valence-electron chi connectivity index (χ1n) is 5.30. The van der Waals surface area contributed by atoms with E-state index >= 15 is 0 Å². The first-order valence-corrected chi connectivity index (χ1v) is 5.30. The third-order valence-electron chi connectivity index (χ3n) is 2.72. The molecule has 2 rings (SSSR count). The van der Waals surface area contributed by atoms with Gasteiger partial charge in [0.15, 0.2) is 5.69 Å². The maximum absolute atomic E-state index is 11.6. The highest BCUT2D eigenvalue weighted by Gasteiger charge is 2.29. The first-order chi connectivity index (χ1) is 8.08. The van der Waals surface area contributed by atoms with Gasteiger partial charge in [-0.15, -0.1) is 0 Å². The first kappa shape index (κ1) is 11.4. The van der Waals surface area contributed by atoms with Crippen molar-refractivity contribution in [3.05, 3.63) is 23.9 Å². The Labute approximate surface area is 98.3 Å². The summed E-state index contributed by atoms with van der Waals surface area (Å²) in [4.78, 5) is 27.9. The fourth-order valence-corrected chi connectivity index (χ4v) is 1.77. The fourth-order valence-electron chi connectivity index (χ4n) is 1.77. The largest absolute Gasteiger partial charge is 0.477 e. The lowest BCUT2D eigenvalue weighted by Gasteiger charge is -2.12. The Balaban J connectivity index is 2.11. The Hall–Kier alpha value is -2.11. The normalized spacial score (nSPS) is 19.5. The van der Waals surface area contributed by atoms with Gasteiger partial charge < -0.3 is 15.3 Å². The van der Waals surface area contributed by atoms with Crippen molar-refractivity contribution in [1.82, 2.24) is 9.88 Å². The van der Waals surface area contributed by atoms with Crippen LogP contribution in [0, 0.1) is 0 Å². The van der Waals surface area contributed by atoms with Gasteiger partial charge >= 0.3 is 5.97 Å². The Kier molecular flexibility index (Phi) is 2.95. The van der Waals surface area contributed by atoms with Gasteiger partial charge in [0.1, 0.15) is 11.9 Å². The molecule has 1 aromatic rings. The number of pyridine rings is 1. The topological polar surface area (TPSA) is 82.5 Å². The molecule has 0 radical (unpaired) electrons. The van der Waals surface area contributed by atoms with Crippen molar-refractivity contribution < 1.29 is 14.7 Å². The summed E-state index contributed by atoms with van der Waals surface area (Å²) in [5.74, 6) is -0.658. The number of carbonyl (C=O) groups is 2. The molecule has 2 N–H and O–H groups in total. The van der Waals surface area contributed by atoms with Crippen LogP contribution in [0.5, 0.6) is 0 Å². The molecule has 2 heterocycles. The maximum Gasteiger partial charge on any atom is 0.354 e. The standard InChI is InChI=1S/C11H13N3O3/c1-14-6-5-7(10(14)15)12-9-4-2-3-8(13-9)11(16)17/h2-4,7H,5-6H2,1H3,(H,12,13)(H,16,17). The van der Waals surface area contributed by atoms with Crippen molar-refractivity contribution in [3.8, 4) is 0 Å². The zero-order chi connectivity index (χ0) is 12.4. The molecule has 0 spiro atoms. The number of nitrogens with zero attached hydrogens (tertiary/aromatic N) is 2. The Bertz CT molecular complexity index is 461. The van der Waals surface area contributed by atoms with Gasteiger partial charge in [-0.1, -0.05) is 6.07 Å². The molecule has 1 aromatic heterocycles. The number of anilines is 1. The van der Waals surface area contributed by atoms with Crippen molar-refractivity contribution in [2.75, 3.05) is 18.9 Å². The predicted octanol–water partition coefficient (Wildman–Crippen LogP) is 0.422. The van der Waals surface area contributed by atoms with Crippen LogP contribution in [0.1, 0.15) is 16.9 Å². The van der Waals surface area contributed by atoms with Gasteiger partial charge in [0.05, 0.1) is 0 Å². The number of rotatable bonds is 3. The van der Waals surface area contributed by atoms with Crippen LogP contribution in [0.4, 0.5) is 5.82 Å². The van der Waals surface area contributed by atoms with Gasteiger partial charge in [-0.25, -0.2) is 9.78 Å². The number of aromatic nitrogens is 1. The Morgan fingerprint density at radius 3 is 2.94 bits per heavy atom. The molecule has 6 nitrogen and oxygen atoms in total. The molecule has 0 saturated carbocycles. The number of likely N-dealkylation sites (N-methyl/N-ethyl adjacent to an activating group) is 1. The van der Waals surface area contributed by atoms with Crippen LogP contribution in [0.2, 0.25) is 0 Å². The second kappa shape index (κ2) is 4.40. The van der Waals surface area contributed by atoms with E-state index in [-0.39, 0.29) is 17.6 Å². The summed E-state index contributed by atoms with van der Waals surface area (Å²) in [6.45, 7) is 0.703. The second-order valence-electron chi connectivity index (χ2n) is 3.96. The number of hydrogen-bond acceptors (Lipinski definition) is 4. The second-order valence-corrected chi connectivity index (χ2v) is 3.96. The summed E-state index contributed by atoms with van der Waals surface area (Å²) in [5.41, 5.74) is -0.0335. The number of nitrogens with one attached hydrogen (secondary N) is 1. The van der Waals surface area contributed by atoms with Crippen LogP contribution in [-0.2, 0) is 4.79 Å². The zero-order valence-corrected chi connectivity index (χ0v) is 9.38. The molecule has 17 heavy (non-hydrogen) atoms. The number of amides is 1. The summed E-state index contributed by atoms with van der Waals surface area (Å²) < 4.78 is 0. The van der Waals surface area contributed by atoms with E-state index in [1.807, 2.05) is 0 Å². The summed E-state index contributed by atoms with van der Waals surface area (Å²) in [6, 6.07) is 4.35. The molecule has 1 unspecified atom stereocenters. The van der Waals surface area contributed by atoms with Gasteiger partial charge in [-0.3, -0.25) is 4.79 Å². The summed E-state index contributed by atoms with van der Waals surface area (Å²) in [7, 11) is 1.74. The van der Waals surface area contributed by atoms with Gasteiger partial charge in [0.25, 0.3) is 0 Å². The number of carboxylic acids is 1. The highest BCUT2D eigenvalue weighted by Crippen LogP contribution is 2.14. The molecule has 1 saturated heterocycles. The molecule has 0 aliphatic carbocycles. The van der Waals surface area contributed by atoms with Crippen LogP contribution in [-0.4, -0.2) is 46.5 Å². The predicted molar refractivity (Wildman–Crippen MR) is 60.9 cm³/mol. The van der Waals surface area contributed by atoms with E-state index in [1.165, 1.54) is 6.07 Å². The quantitative estimate of drug-likeness (QED) is 0.793. The number of hydrogen-bond donors (Lipinski definition) is 2. The van der Waals surface area contributed by atoms with E-state index in [2.05, 4.69) is 10.3 Å². The highest BCUT2D eigenvalue weighted by molar-refractivity contribution is 5.87. The number of aromatic carboxylic acids is 1. The van der Waals surface area contributed by atoms with Crippen LogP contribution in [0.3, 0.4) is 0 Å². The molecule has 1 atom stereocenters. The molecule has 0 aromatic carbocycles. The maximum atomic E-state index is 11.6. The average molecular weight is 235 g/mol. The van der Waals surface area contributed by atoms with Crippen molar-refractivity contribution in [2.24, 2.45) is 0 Å². The molecule has 1 aliphatic heterocycles. The molecule has 1 aliphatic rings. The number of likely N-dealkylation sites (tertiary alicyclic amines) is 1. The molecular weight excluding hydrogens is 222 g/mol. The highest BCUT2D eigenvalue weighted by atomic mass is 16.4. The molecule has 6 heteroatoms. The lowest BCUT2D eigenvalue weighted by molar-refractivity contribution is -0.127. The molecule has 90 valence electrons. The van der Waals surface area contributed by atoms with Crippen LogP contribution in [0.25, 0.3) is 0 Å². The van der Waals surface area contributed by atoms with E-state index < -0.39 is 5.97 Å². The summed E-state index contributed by atoms with van der Waals surface area (Å²) >= 11 is 0. The van der Waals surface area contributed by atoms with Crippen molar-refractivity contribution in [3.63, 3.8) is 0 Å². The van der Waals surface area contributed by atoms with Crippen molar-refractivity contribution >= 4 is 17.7 Å². The smallest absolute Gasteiger partial charge is 0.354 e. The van der Waals surface area contributed by atoms with E-state index in [1.54, 1.807) is 24.1 Å². The van der Waals surface area contributed by atoms with Gasteiger partial charge in [0.2, 0.25) is 5.91 Å². The SMILES string of the molecule is CN1CCC(Nc2cccc(C(=O)O)n2)C1=O. The molecule has 0 bridgehead atoms. The minimum atomic E-state index is -1.08. The zero-order valence-electron chi connectivity index (χ0n) is 9.38. The number of carbonyl (C=O) groups excluding carboxylic acids is 1. The third kappa shape index (κ3) is 2.35. The van der Waals surface area contributed by atoms with Crippen molar-refractivity contribution in [1.29, 1.82) is 0 Å². The minimum Gasteiger partial charge on any atom is -0.477 e. The monoisotopic (exact) mass is 235 g/mol. The van der Waals surface area contributed by atoms with Gasteiger partial charge in [-0.2, -0.15) is 0 Å². The summed E-state index contributed by atoms with van der Waals surface area (Å²) in [6.07, 6.45) is 0.703. The van der Waals surface area contributed by atoms with Gasteiger partial charge in [0, 0.05) is 13.6 Å².